The van der Waals surface area contributed by atoms with Crippen molar-refractivity contribution in [3.8, 4) is 0 Å². The van der Waals surface area contributed by atoms with Crippen molar-refractivity contribution in [1.29, 1.82) is 0 Å². The van der Waals surface area contributed by atoms with E-state index in [-0.39, 0.29) is 6.04 Å². The third-order valence-corrected chi connectivity index (χ3v) is 3.79. The predicted molar refractivity (Wildman–Crippen MR) is 68.8 cm³/mol. The molecule has 0 bridgehead atoms. The molecule has 5 heteroatoms. The van der Waals surface area contributed by atoms with Gasteiger partial charge in [0.05, 0.1) is 11.8 Å². The van der Waals surface area contributed by atoms with Crippen molar-refractivity contribution in [2.75, 3.05) is 0 Å². The molecule has 3 nitrogen and oxygen atoms in total. The highest BCUT2D eigenvalue weighted by molar-refractivity contribution is 9.10. The van der Waals surface area contributed by atoms with E-state index in [9.17, 15) is 0 Å². The van der Waals surface area contributed by atoms with E-state index in [2.05, 4.69) is 71.4 Å². The van der Waals surface area contributed by atoms with Crippen LogP contribution in [0, 0.1) is 6.92 Å². The number of nitrogens with zero attached hydrogens (tertiary/aromatic N) is 2. The first-order chi connectivity index (χ1) is 7.09. The van der Waals surface area contributed by atoms with E-state index >= 15 is 0 Å². The standard InChI is InChI=1S/C10H12BrN3S/c1-6-3-4-8(5-9(6)11)10-7(2)14(15)13-12-10/h3-5,7,13,15H,1-2H3. The lowest BCUT2D eigenvalue weighted by Crippen LogP contribution is -2.30. The maximum absolute atomic E-state index is 4.24. The normalized spacial score (nSPS) is 21.3. The maximum atomic E-state index is 4.24. The number of nitrogens with one attached hydrogen (secondary N) is 1. The summed E-state index contributed by atoms with van der Waals surface area (Å²) < 4.78 is 2.79. The second-order valence-corrected chi connectivity index (χ2v) is 4.87. The third-order valence-electron chi connectivity index (χ3n) is 2.50. The van der Waals surface area contributed by atoms with Crippen molar-refractivity contribution in [2.45, 2.75) is 19.9 Å². The number of rotatable bonds is 1. The van der Waals surface area contributed by atoms with Crippen molar-refractivity contribution in [2.24, 2.45) is 5.10 Å². The number of hydrazone groups is 1. The summed E-state index contributed by atoms with van der Waals surface area (Å²) in [5.41, 5.74) is 6.17. The van der Waals surface area contributed by atoms with Crippen molar-refractivity contribution in [3.63, 3.8) is 0 Å². The number of aryl methyl sites for hydroxylation is 1. The maximum Gasteiger partial charge on any atom is 0.0889 e. The summed E-state index contributed by atoms with van der Waals surface area (Å²) in [5, 5.41) is 4.23. The SMILES string of the molecule is Cc1ccc(C2=NNN(S)C2C)cc1Br. The molecule has 0 fully saturated rings. The molecule has 1 aromatic carbocycles. The van der Waals surface area contributed by atoms with Gasteiger partial charge < -0.3 is 0 Å². The molecule has 1 atom stereocenters. The lowest BCUT2D eigenvalue weighted by Gasteiger charge is -2.13. The minimum atomic E-state index is 0.169. The summed E-state index contributed by atoms with van der Waals surface area (Å²) in [5.74, 6) is 0. The molecule has 1 unspecified atom stereocenters. The Hall–Kier alpha value is -0.520. The van der Waals surface area contributed by atoms with Crippen LogP contribution < -0.4 is 5.53 Å². The molecule has 15 heavy (non-hydrogen) atoms. The first-order valence-electron chi connectivity index (χ1n) is 4.67. The number of benzene rings is 1. The average Bonchev–Trinajstić information content (AvgIpc) is 2.53. The van der Waals surface area contributed by atoms with E-state index < -0.39 is 0 Å². The van der Waals surface area contributed by atoms with Crippen LogP contribution in [0.5, 0.6) is 0 Å². The Morgan fingerprint density at radius 1 is 1.53 bits per heavy atom. The van der Waals surface area contributed by atoms with Crippen molar-refractivity contribution in [3.05, 3.63) is 33.8 Å². The Morgan fingerprint density at radius 3 is 2.80 bits per heavy atom. The topological polar surface area (TPSA) is 27.6 Å². The van der Waals surface area contributed by atoms with Gasteiger partial charge in [-0.3, -0.25) is 0 Å². The van der Waals surface area contributed by atoms with E-state index in [4.69, 9.17) is 0 Å². The lowest BCUT2D eigenvalue weighted by atomic mass is 10.0. The number of hydrogen-bond donors (Lipinski definition) is 2. The molecule has 1 heterocycles. The minimum Gasteiger partial charge on any atom is -0.230 e. The van der Waals surface area contributed by atoms with E-state index in [1.54, 1.807) is 4.41 Å². The number of halogens is 1. The Labute approximate surface area is 103 Å². The van der Waals surface area contributed by atoms with Gasteiger partial charge in [0.15, 0.2) is 0 Å². The third kappa shape index (κ3) is 2.04. The van der Waals surface area contributed by atoms with Gasteiger partial charge in [0.1, 0.15) is 0 Å². The van der Waals surface area contributed by atoms with Gasteiger partial charge in [0.2, 0.25) is 0 Å². The van der Waals surface area contributed by atoms with Crippen molar-refractivity contribution in [1.82, 2.24) is 9.95 Å². The van der Waals surface area contributed by atoms with Gasteiger partial charge in [-0.1, -0.05) is 40.9 Å². The fourth-order valence-electron chi connectivity index (χ4n) is 1.46. The highest BCUT2D eigenvalue weighted by Gasteiger charge is 2.24. The zero-order chi connectivity index (χ0) is 11.0. The molecule has 1 aliphatic heterocycles. The first kappa shape index (κ1) is 11.0. The highest BCUT2D eigenvalue weighted by atomic mass is 79.9. The van der Waals surface area contributed by atoms with Crippen LogP contribution in [0.3, 0.4) is 0 Å². The van der Waals surface area contributed by atoms with E-state index in [1.807, 2.05) is 0 Å². The molecule has 2 rings (SSSR count). The van der Waals surface area contributed by atoms with Crippen LogP contribution in [-0.4, -0.2) is 16.2 Å². The van der Waals surface area contributed by atoms with Crippen LogP contribution in [-0.2, 0) is 0 Å². The average molecular weight is 286 g/mol. The number of hydrogen-bond acceptors (Lipinski definition) is 4. The molecule has 0 aromatic heterocycles. The van der Waals surface area contributed by atoms with E-state index in [1.165, 1.54) is 5.56 Å². The molecule has 0 spiro atoms. The smallest absolute Gasteiger partial charge is 0.0889 e. The fourth-order valence-corrected chi connectivity index (χ4v) is 1.99. The summed E-state index contributed by atoms with van der Waals surface area (Å²) in [6, 6.07) is 6.40. The summed E-state index contributed by atoms with van der Waals surface area (Å²) in [6.45, 7) is 4.12. The minimum absolute atomic E-state index is 0.169. The van der Waals surface area contributed by atoms with E-state index in [0.29, 0.717) is 0 Å². The second-order valence-electron chi connectivity index (χ2n) is 3.58. The number of thiol groups is 1. The van der Waals surface area contributed by atoms with Gasteiger partial charge in [0.25, 0.3) is 0 Å². The fraction of sp³-hybridized carbons (Fsp3) is 0.300. The molecule has 0 aliphatic carbocycles. The van der Waals surface area contributed by atoms with Gasteiger partial charge in [-0.25, -0.2) is 5.53 Å². The monoisotopic (exact) mass is 285 g/mol. The molecular formula is C10H12BrN3S. The van der Waals surface area contributed by atoms with Crippen LogP contribution in [0.25, 0.3) is 0 Å². The van der Waals surface area contributed by atoms with Gasteiger partial charge >= 0.3 is 0 Å². The van der Waals surface area contributed by atoms with Crippen molar-refractivity contribution < 1.29 is 0 Å². The zero-order valence-electron chi connectivity index (χ0n) is 8.53. The molecule has 1 aliphatic rings. The Balaban J connectivity index is 2.35. The van der Waals surface area contributed by atoms with Gasteiger partial charge in [-0.05, 0) is 25.5 Å². The van der Waals surface area contributed by atoms with Crippen LogP contribution in [0.2, 0.25) is 0 Å². The van der Waals surface area contributed by atoms with Gasteiger partial charge in [-0.15, -0.1) is 4.41 Å². The predicted octanol–water partition coefficient (Wildman–Crippen LogP) is 2.52. The molecule has 0 saturated heterocycles. The molecule has 80 valence electrons. The first-order valence-corrected chi connectivity index (χ1v) is 5.87. The van der Waals surface area contributed by atoms with Crippen LogP contribution in [0.15, 0.2) is 27.8 Å². The van der Waals surface area contributed by atoms with Crippen molar-refractivity contribution >= 4 is 34.5 Å². The van der Waals surface area contributed by atoms with Crippen LogP contribution in [0.4, 0.5) is 0 Å². The largest absolute Gasteiger partial charge is 0.230 e. The van der Waals surface area contributed by atoms with Gasteiger partial charge in [-0.2, -0.15) is 5.10 Å². The summed E-state index contributed by atoms with van der Waals surface area (Å²) in [4.78, 5) is 0. The quantitative estimate of drug-likeness (QED) is 0.776. The van der Waals surface area contributed by atoms with Crippen LogP contribution >= 0.6 is 28.7 Å². The van der Waals surface area contributed by atoms with E-state index in [0.717, 1.165) is 15.7 Å². The summed E-state index contributed by atoms with van der Waals surface area (Å²) in [6.07, 6.45) is 0. The Bertz CT molecular complexity index is 419. The highest BCUT2D eigenvalue weighted by Crippen LogP contribution is 2.21. The number of hydrazine groups is 1. The Morgan fingerprint density at radius 2 is 2.27 bits per heavy atom. The molecule has 0 saturated carbocycles. The molecule has 1 N–H and O–H groups in total. The van der Waals surface area contributed by atoms with Gasteiger partial charge in [0, 0.05) is 10.0 Å². The molecule has 1 aromatic rings. The second kappa shape index (κ2) is 4.15. The molecule has 0 amide bonds. The summed E-state index contributed by atoms with van der Waals surface area (Å²) in [7, 11) is 0. The molecule has 0 radical (unpaired) electrons. The molecular weight excluding hydrogens is 274 g/mol. The zero-order valence-corrected chi connectivity index (χ0v) is 11.0. The Kier molecular flexibility index (Phi) is 3.04. The lowest BCUT2D eigenvalue weighted by molar-refractivity contribution is 0.381. The summed E-state index contributed by atoms with van der Waals surface area (Å²) >= 11 is 7.76. The van der Waals surface area contributed by atoms with Crippen LogP contribution in [0.1, 0.15) is 18.1 Å².